The fraction of sp³-hybridized carbons (Fsp3) is 0.600. The molecule has 0 amide bonds. The van der Waals surface area contributed by atoms with Crippen LogP contribution in [-0.2, 0) is 0 Å². The van der Waals surface area contributed by atoms with E-state index < -0.39 is 0 Å². The highest BCUT2D eigenvalue weighted by atomic mass is 16.1. The second-order valence-electron chi connectivity index (χ2n) is 4.09. The van der Waals surface area contributed by atoms with E-state index in [-0.39, 0.29) is 5.56 Å². The molecule has 82 valence electrons. The third-order valence-electron chi connectivity index (χ3n) is 2.88. The van der Waals surface area contributed by atoms with Gasteiger partial charge in [-0.25, -0.2) is 4.98 Å². The van der Waals surface area contributed by atoms with Crippen molar-refractivity contribution >= 4 is 5.82 Å². The Morgan fingerprint density at radius 1 is 1.60 bits per heavy atom. The van der Waals surface area contributed by atoms with Crippen molar-refractivity contribution in [1.82, 2.24) is 14.9 Å². The van der Waals surface area contributed by atoms with Gasteiger partial charge in [0, 0.05) is 31.5 Å². The molecular weight excluding hydrogens is 192 g/mol. The van der Waals surface area contributed by atoms with Crippen LogP contribution in [0.5, 0.6) is 0 Å². The van der Waals surface area contributed by atoms with Crippen LogP contribution in [0.2, 0.25) is 0 Å². The van der Waals surface area contributed by atoms with Crippen LogP contribution in [0.15, 0.2) is 17.2 Å². The van der Waals surface area contributed by atoms with E-state index in [9.17, 15) is 4.79 Å². The van der Waals surface area contributed by atoms with E-state index in [0.29, 0.717) is 11.9 Å². The molecule has 1 aliphatic heterocycles. The number of hydrogen-bond acceptors (Lipinski definition) is 4. The van der Waals surface area contributed by atoms with E-state index in [1.807, 2.05) is 4.90 Å². The van der Waals surface area contributed by atoms with Gasteiger partial charge in [0.25, 0.3) is 5.56 Å². The smallest absolute Gasteiger partial charge is 0.290 e. The van der Waals surface area contributed by atoms with Gasteiger partial charge in [0.15, 0.2) is 5.82 Å². The van der Waals surface area contributed by atoms with Crippen molar-refractivity contribution in [2.45, 2.75) is 12.5 Å². The Hall–Kier alpha value is -1.36. The van der Waals surface area contributed by atoms with Gasteiger partial charge in [-0.1, -0.05) is 0 Å². The molecular formula is C10H16N4O. The van der Waals surface area contributed by atoms with E-state index in [2.05, 4.69) is 29.0 Å². The van der Waals surface area contributed by atoms with Crippen molar-refractivity contribution in [3.05, 3.63) is 22.7 Å². The molecule has 5 heteroatoms. The first-order valence-corrected chi connectivity index (χ1v) is 5.13. The molecule has 0 spiro atoms. The third-order valence-corrected chi connectivity index (χ3v) is 2.88. The standard InChI is InChI=1S/C10H16N4O/c1-13(2)8-3-6-14(7-8)9-10(15)12-5-4-11-9/h4-5,8H,3,6-7H2,1-2H3,(H,12,15). The Kier molecular flexibility index (Phi) is 2.73. The number of aromatic nitrogens is 2. The number of aromatic amines is 1. The van der Waals surface area contributed by atoms with Gasteiger partial charge < -0.3 is 14.8 Å². The lowest BCUT2D eigenvalue weighted by Gasteiger charge is -2.20. The Labute approximate surface area is 88.7 Å². The van der Waals surface area contributed by atoms with Gasteiger partial charge in [-0.3, -0.25) is 4.79 Å². The predicted molar refractivity (Wildman–Crippen MR) is 59.2 cm³/mol. The van der Waals surface area contributed by atoms with E-state index in [1.54, 1.807) is 12.4 Å². The van der Waals surface area contributed by atoms with Crippen molar-refractivity contribution in [3.8, 4) is 0 Å². The van der Waals surface area contributed by atoms with Crippen LogP contribution < -0.4 is 10.5 Å². The molecule has 1 unspecified atom stereocenters. The fourth-order valence-corrected chi connectivity index (χ4v) is 1.92. The maximum absolute atomic E-state index is 11.5. The second-order valence-corrected chi connectivity index (χ2v) is 4.09. The largest absolute Gasteiger partial charge is 0.350 e. The molecule has 0 radical (unpaired) electrons. The maximum atomic E-state index is 11.5. The predicted octanol–water partition coefficient (Wildman–Crippen LogP) is -0.0898. The summed E-state index contributed by atoms with van der Waals surface area (Å²) in [4.78, 5) is 22.5. The molecule has 0 aliphatic carbocycles. The minimum atomic E-state index is -0.100. The van der Waals surface area contributed by atoms with Crippen molar-refractivity contribution in [3.63, 3.8) is 0 Å². The number of anilines is 1. The minimum Gasteiger partial charge on any atom is -0.350 e. The molecule has 1 aromatic rings. The van der Waals surface area contributed by atoms with Crippen LogP contribution in [0.1, 0.15) is 6.42 Å². The molecule has 1 saturated heterocycles. The summed E-state index contributed by atoms with van der Waals surface area (Å²) in [5, 5.41) is 0. The highest BCUT2D eigenvalue weighted by Crippen LogP contribution is 2.16. The van der Waals surface area contributed by atoms with Crippen LogP contribution in [-0.4, -0.2) is 48.1 Å². The van der Waals surface area contributed by atoms with E-state index in [4.69, 9.17) is 0 Å². The summed E-state index contributed by atoms with van der Waals surface area (Å²) < 4.78 is 0. The summed E-state index contributed by atoms with van der Waals surface area (Å²) >= 11 is 0. The molecule has 0 saturated carbocycles. The summed E-state index contributed by atoms with van der Waals surface area (Å²) in [6.07, 6.45) is 4.27. The van der Waals surface area contributed by atoms with Crippen molar-refractivity contribution in [1.29, 1.82) is 0 Å². The number of rotatable bonds is 2. The van der Waals surface area contributed by atoms with Crippen molar-refractivity contribution in [2.24, 2.45) is 0 Å². The Balaban J connectivity index is 2.15. The first-order chi connectivity index (χ1) is 7.18. The van der Waals surface area contributed by atoms with Gasteiger partial charge in [0.05, 0.1) is 0 Å². The highest BCUT2D eigenvalue weighted by molar-refractivity contribution is 5.37. The number of likely N-dealkylation sites (N-methyl/N-ethyl adjacent to an activating group) is 1. The highest BCUT2D eigenvalue weighted by Gasteiger charge is 2.25. The molecule has 15 heavy (non-hydrogen) atoms. The van der Waals surface area contributed by atoms with E-state index in [0.717, 1.165) is 19.5 Å². The molecule has 1 N–H and O–H groups in total. The zero-order valence-corrected chi connectivity index (χ0v) is 9.10. The molecule has 5 nitrogen and oxygen atoms in total. The minimum absolute atomic E-state index is 0.100. The zero-order chi connectivity index (χ0) is 10.8. The number of H-pyrrole nitrogens is 1. The van der Waals surface area contributed by atoms with Gasteiger partial charge in [0.1, 0.15) is 0 Å². The van der Waals surface area contributed by atoms with Crippen LogP contribution in [0.25, 0.3) is 0 Å². The van der Waals surface area contributed by atoms with Crippen LogP contribution >= 0.6 is 0 Å². The van der Waals surface area contributed by atoms with Crippen LogP contribution in [0.3, 0.4) is 0 Å². The lowest BCUT2D eigenvalue weighted by atomic mass is 10.2. The SMILES string of the molecule is CN(C)C1CCN(c2ncc[nH]c2=O)C1. The second kappa shape index (κ2) is 4.02. The molecule has 1 aromatic heterocycles. The quantitative estimate of drug-likeness (QED) is 0.738. The maximum Gasteiger partial charge on any atom is 0.290 e. The summed E-state index contributed by atoms with van der Waals surface area (Å²) in [6, 6.07) is 0.520. The monoisotopic (exact) mass is 208 g/mol. The van der Waals surface area contributed by atoms with Gasteiger partial charge >= 0.3 is 0 Å². The summed E-state index contributed by atoms with van der Waals surface area (Å²) in [5.74, 6) is 0.543. The van der Waals surface area contributed by atoms with Gasteiger partial charge in [-0.15, -0.1) is 0 Å². The van der Waals surface area contributed by atoms with Crippen LogP contribution in [0.4, 0.5) is 5.82 Å². The average molecular weight is 208 g/mol. The Morgan fingerprint density at radius 2 is 2.40 bits per heavy atom. The normalized spacial score (nSPS) is 21.3. The Bertz CT molecular complexity index is 387. The van der Waals surface area contributed by atoms with Crippen molar-refractivity contribution in [2.75, 3.05) is 32.1 Å². The summed E-state index contributed by atoms with van der Waals surface area (Å²) in [7, 11) is 4.13. The molecule has 1 aliphatic rings. The van der Waals surface area contributed by atoms with E-state index >= 15 is 0 Å². The molecule has 2 heterocycles. The van der Waals surface area contributed by atoms with Gasteiger partial charge in [0.2, 0.25) is 0 Å². The fourth-order valence-electron chi connectivity index (χ4n) is 1.92. The topological polar surface area (TPSA) is 52.2 Å². The summed E-state index contributed by atoms with van der Waals surface area (Å²) in [5.41, 5.74) is -0.100. The van der Waals surface area contributed by atoms with E-state index in [1.165, 1.54) is 0 Å². The molecule has 0 bridgehead atoms. The first kappa shape index (κ1) is 10.2. The number of hydrogen-bond donors (Lipinski definition) is 1. The third kappa shape index (κ3) is 2.02. The first-order valence-electron chi connectivity index (χ1n) is 5.13. The van der Waals surface area contributed by atoms with Crippen LogP contribution in [0, 0.1) is 0 Å². The zero-order valence-electron chi connectivity index (χ0n) is 9.10. The van der Waals surface area contributed by atoms with Crippen molar-refractivity contribution < 1.29 is 0 Å². The summed E-state index contributed by atoms with van der Waals surface area (Å²) in [6.45, 7) is 1.79. The molecule has 2 rings (SSSR count). The average Bonchev–Trinajstić information content (AvgIpc) is 2.67. The lowest BCUT2D eigenvalue weighted by Crippen LogP contribution is -2.33. The van der Waals surface area contributed by atoms with Gasteiger partial charge in [-0.05, 0) is 20.5 Å². The van der Waals surface area contributed by atoms with Gasteiger partial charge in [-0.2, -0.15) is 0 Å². The molecule has 1 atom stereocenters. The number of nitrogens with one attached hydrogen (secondary N) is 1. The lowest BCUT2D eigenvalue weighted by molar-refractivity contribution is 0.315. The number of nitrogens with zero attached hydrogens (tertiary/aromatic N) is 3. The molecule has 0 aromatic carbocycles. The Morgan fingerprint density at radius 3 is 3.00 bits per heavy atom. The molecule has 1 fully saturated rings.